The predicted octanol–water partition coefficient (Wildman–Crippen LogP) is 0.907. The molecule has 1 heteroatoms. The first kappa shape index (κ1) is 7.95. The quantitative estimate of drug-likeness (QED) is 0.249. The van der Waals surface area contributed by atoms with E-state index in [0.717, 1.165) is 12.8 Å². The van der Waals surface area contributed by atoms with Crippen LogP contribution in [-0.4, -0.2) is 11.7 Å². The van der Waals surface area contributed by atoms with Crippen molar-refractivity contribution in [3.8, 4) is 11.8 Å². The van der Waals surface area contributed by atoms with E-state index in [1.54, 1.807) is 0 Å². The topological polar surface area (TPSA) is 20.2 Å². The molecular formula is C8H9O+. The van der Waals surface area contributed by atoms with E-state index in [4.69, 9.17) is 5.11 Å². The normalized spacial score (nSPS) is 6.33. The summed E-state index contributed by atoms with van der Waals surface area (Å²) in [7, 11) is 0. The molecule has 1 nitrogen and oxygen atoms in total. The Hall–Kier alpha value is -1.05. The Morgan fingerprint density at radius 3 is 2.78 bits per heavy atom. The highest BCUT2D eigenvalue weighted by molar-refractivity contribution is 4.98. The Labute approximate surface area is 55.7 Å². The fourth-order valence-corrected chi connectivity index (χ4v) is 0.358. The van der Waals surface area contributed by atoms with Crippen LogP contribution in [0.5, 0.6) is 0 Å². The molecule has 0 spiro atoms. The Kier molecular flexibility index (Phi) is 6.14. The summed E-state index contributed by atoms with van der Waals surface area (Å²) in [4.78, 5) is 0. The van der Waals surface area contributed by atoms with Crippen molar-refractivity contribution in [1.82, 2.24) is 0 Å². The van der Waals surface area contributed by atoms with Gasteiger partial charge >= 0.3 is 0 Å². The third-order valence-corrected chi connectivity index (χ3v) is 0.704. The Morgan fingerprint density at radius 2 is 2.22 bits per heavy atom. The molecule has 0 bridgehead atoms. The summed E-state index contributed by atoms with van der Waals surface area (Å²) >= 11 is 0. The summed E-state index contributed by atoms with van der Waals surface area (Å²) in [6.07, 6.45) is 4.23. The van der Waals surface area contributed by atoms with Gasteiger partial charge in [-0.3, -0.25) is 0 Å². The summed E-state index contributed by atoms with van der Waals surface area (Å²) in [6.45, 7) is 3.29. The molecule has 0 unspecified atom stereocenters. The SMILES string of the molecule is C=C=[C+]CCC#CCO. The molecule has 0 fully saturated rings. The zero-order valence-corrected chi connectivity index (χ0v) is 5.28. The van der Waals surface area contributed by atoms with Gasteiger partial charge in [0, 0.05) is 6.42 Å². The first-order chi connectivity index (χ1) is 4.41. The van der Waals surface area contributed by atoms with Crippen molar-refractivity contribution < 1.29 is 5.11 Å². The molecule has 46 valence electrons. The highest BCUT2D eigenvalue weighted by atomic mass is 16.2. The zero-order chi connectivity index (χ0) is 6.95. The smallest absolute Gasteiger partial charge is 0.135 e. The fraction of sp³-hybridized carbons (Fsp3) is 0.375. The van der Waals surface area contributed by atoms with Crippen LogP contribution < -0.4 is 0 Å². The van der Waals surface area contributed by atoms with Gasteiger partial charge in [-0.2, -0.15) is 0 Å². The van der Waals surface area contributed by atoms with Gasteiger partial charge in [-0.25, -0.2) is 0 Å². The van der Waals surface area contributed by atoms with Gasteiger partial charge in [0.1, 0.15) is 24.8 Å². The minimum atomic E-state index is -0.0577. The molecule has 0 saturated heterocycles. The summed E-state index contributed by atoms with van der Waals surface area (Å²) in [5.74, 6) is 5.26. The molecule has 0 aliphatic heterocycles. The lowest BCUT2D eigenvalue weighted by molar-refractivity contribution is 0.350. The van der Waals surface area contributed by atoms with Crippen molar-refractivity contribution in [3.63, 3.8) is 0 Å². The molecule has 0 heterocycles. The summed E-state index contributed by atoms with van der Waals surface area (Å²) < 4.78 is 0. The maximum atomic E-state index is 8.20. The molecule has 0 atom stereocenters. The minimum Gasteiger partial charge on any atom is -0.384 e. The van der Waals surface area contributed by atoms with Crippen LogP contribution in [-0.2, 0) is 0 Å². The van der Waals surface area contributed by atoms with Crippen molar-refractivity contribution in [2.45, 2.75) is 12.8 Å². The molecule has 0 aliphatic rings. The third-order valence-electron chi connectivity index (χ3n) is 0.704. The van der Waals surface area contributed by atoms with Crippen LogP contribution in [0, 0.1) is 17.9 Å². The van der Waals surface area contributed by atoms with Crippen LogP contribution in [0.1, 0.15) is 12.8 Å². The monoisotopic (exact) mass is 121 g/mol. The fourth-order valence-electron chi connectivity index (χ4n) is 0.358. The Bertz CT molecular complexity index is 153. The highest BCUT2D eigenvalue weighted by Gasteiger charge is 1.79. The van der Waals surface area contributed by atoms with Crippen molar-refractivity contribution in [2.24, 2.45) is 0 Å². The largest absolute Gasteiger partial charge is 0.384 e. The van der Waals surface area contributed by atoms with Crippen molar-refractivity contribution >= 4 is 0 Å². The zero-order valence-electron chi connectivity index (χ0n) is 5.28. The second-order valence-corrected chi connectivity index (χ2v) is 1.37. The van der Waals surface area contributed by atoms with Crippen LogP contribution in [0.3, 0.4) is 0 Å². The van der Waals surface area contributed by atoms with E-state index >= 15 is 0 Å². The second-order valence-electron chi connectivity index (χ2n) is 1.37. The van der Waals surface area contributed by atoms with Crippen molar-refractivity contribution in [2.75, 3.05) is 6.61 Å². The number of aliphatic hydroxyl groups excluding tert-OH is 1. The molecule has 0 aromatic heterocycles. The predicted molar refractivity (Wildman–Crippen MR) is 36.5 cm³/mol. The molecule has 0 saturated carbocycles. The molecule has 9 heavy (non-hydrogen) atoms. The van der Waals surface area contributed by atoms with E-state index in [9.17, 15) is 0 Å². The summed E-state index contributed by atoms with van der Waals surface area (Å²) in [5.41, 5.74) is 2.51. The van der Waals surface area contributed by atoms with Crippen molar-refractivity contribution in [1.29, 1.82) is 0 Å². The molecule has 0 radical (unpaired) electrons. The molecule has 1 N–H and O–H groups in total. The molecule has 0 rings (SSSR count). The van der Waals surface area contributed by atoms with Gasteiger partial charge in [0.05, 0.1) is 6.58 Å². The van der Waals surface area contributed by atoms with Crippen LogP contribution in [0.15, 0.2) is 12.3 Å². The summed E-state index contributed by atoms with van der Waals surface area (Å²) in [6, 6.07) is 0. The van der Waals surface area contributed by atoms with E-state index in [2.05, 4.69) is 30.2 Å². The standard InChI is InChI=1S/C8H9O/c1-2-3-4-5-6-7-8-9/h9H,1,4-5,8H2/q+1. The van der Waals surface area contributed by atoms with Gasteiger partial charge in [0.15, 0.2) is 0 Å². The Balaban J connectivity index is 3.18. The lowest BCUT2D eigenvalue weighted by Crippen LogP contribution is -1.71. The molecular weight excluding hydrogens is 112 g/mol. The lowest BCUT2D eigenvalue weighted by Gasteiger charge is -1.71. The van der Waals surface area contributed by atoms with E-state index < -0.39 is 0 Å². The van der Waals surface area contributed by atoms with Crippen LogP contribution in [0.25, 0.3) is 0 Å². The lowest BCUT2D eigenvalue weighted by atomic mass is 10.3. The first-order valence-corrected chi connectivity index (χ1v) is 2.73. The van der Waals surface area contributed by atoms with Gasteiger partial charge in [0.2, 0.25) is 0 Å². The van der Waals surface area contributed by atoms with E-state index in [1.165, 1.54) is 0 Å². The average molecular weight is 121 g/mol. The van der Waals surface area contributed by atoms with Crippen LogP contribution in [0.4, 0.5) is 0 Å². The van der Waals surface area contributed by atoms with Crippen LogP contribution >= 0.6 is 0 Å². The molecule has 0 aromatic carbocycles. The average Bonchev–Trinajstić information content (AvgIpc) is 1.89. The van der Waals surface area contributed by atoms with Crippen LogP contribution in [0.2, 0.25) is 0 Å². The van der Waals surface area contributed by atoms with E-state index in [1.807, 2.05) is 0 Å². The van der Waals surface area contributed by atoms with E-state index in [-0.39, 0.29) is 6.61 Å². The minimum absolute atomic E-state index is 0.0577. The van der Waals surface area contributed by atoms with Gasteiger partial charge in [-0.15, -0.1) is 0 Å². The number of hydrogen-bond acceptors (Lipinski definition) is 1. The molecule has 0 aliphatic carbocycles. The second kappa shape index (κ2) is 6.95. The number of rotatable bonds is 2. The summed E-state index contributed by atoms with van der Waals surface area (Å²) in [5, 5.41) is 8.20. The van der Waals surface area contributed by atoms with Gasteiger partial charge in [0.25, 0.3) is 0 Å². The maximum absolute atomic E-state index is 8.20. The van der Waals surface area contributed by atoms with Gasteiger partial charge in [-0.05, 0) is 0 Å². The van der Waals surface area contributed by atoms with Gasteiger partial charge in [-0.1, -0.05) is 11.8 Å². The Morgan fingerprint density at radius 1 is 1.44 bits per heavy atom. The molecule has 0 amide bonds. The highest BCUT2D eigenvalue weighted by Crippen LogP contribution is 1.83. The number of hydrogen-bond donors (Lipinski definition) is 1. The van der Waals surface area contributed by atoms with Crippen molar-refractivity contribution in [3.05, 3.63) is 18.4 Å². The maximum Gasteiger partial charge on any atom is 0.135 e. The van der Waals surface area contributed by atoms with Gasteiger partial charge < -0.3 is 5.11 Å². The first-order valence-electron chi connectivity index (χ1n) is 2.73. The number of unbranched alkanes of at least 4 members (excludes halogenated alkanes) is 1. The van der Waals surface area contributed by atoms with E-state index in [0.29, 0.717) is 0 Å². The number of aliphatic hydroxyl groups is 1. The third kappa shape index (κ3) is 6.95. The number of allylic oxidation sites excluding steroid dienone is 1. The molecule has 0 aromatic rings.